The van der Waals surface area contributed by atoms with Gasteiger partial charge in [0.2, 0.25) is 0 Å². The summed E-state index contributed by atoms with van der Waals surface area (Å²) in [5, 5.41) is 9.20. The molecule has 1 aliphatic heterocycles. The quantitative estimate of drug-likeness (QED) is 0.819. The Labute approximate surface area is 104 Å². The highest BCUT2D eigenvalue weighted by Gasteiger charge is 2.20. The van der Waals surface area contributed by atoms with Crippen LogP contribution in [-0.4, -0.2) is 24.8 Å². The van der Waals surface area contributed by atoms with E-state index in [0.29, 0.717) is 5.92 Å². The lowest BCUT2D eigenvalue weighted by Gasteiger charge is -2.34. The van der Waals surface area contributed by atoms with Crippen LogP contribution in [0.4, 0.5) is 11.4 Å². The smallest absolute Gasteiger partial charge is 0.0600 e. The van der Waals surface area contributed by atoms with E-state index >= 15 is 0 Å². The average Bonchev–Trinajstić information content (AvgIpc) is 2.29. The van der Waals surface area contributed by atoms with E-state index in [1.807, 2.05) is 18.2 Å². The number of nitrogens with two attached hydrogens (primary N) is 1. The van der Waals surface area contributed by atoms with Crippen molar-refractivity contribution in [3.63, 3.8) is 0 Å². The fourth-order valence-electron chi connectivity index (χ4n) is 2.25. The number of hydrogen-bond donors (Lipinski definition) is 2. The van der Waals surface area contributed by atoms with Gasteiger partial charge in [0, 0.05) is 24.2 Å². The molecule has 0 spiro atoms. The number of nitrogens with zero attached hydrogens (tertiary/aromatic N) is 1. The van der Waals surface area contributed by atoms with E-state index in [9.17, 15) is 5.11 Å². The number of aliphatic hydroxyl groups is 1. The molecule has 0 saturated carbocycles. The van der Waals surface area contributed by atoms with Crippen LogP contribution in [0.2, 0.25) is 0 Å². The first kappa shape index (κ1) is 11.7. The van der Waals surface area contributed by atoms with Gasteiger partial charge in [-0.2, -0.15) is 0 Å². The van der Waals surface area contributed by atoms with E-state index in [0.717, 1.165) is 41.8 Å². The monoisotopic (exact) mass is 284 g/mol. The van der Waals surface area contributed by atoms with Gasteiger partial charge >= 0.3 is 0 Å². The SMILES string of the molecule is Nc1cc(Br)ccc1N1CCCC(CO)C1. The van der Waals surface area contributed by atoms with Crippen LogP contribution in [0.25, 0.3) is 0 Å². The van der Waals surface area contributed by atoms with Crippen molar-refractivity contribution in [1.82, 2.24) is 0 Å². The lowest BCUT2D eigenvalue weighted by Crippen LogP contribution is -2.37. The number of rotatable bonds is 2. The van der Waals surface area contributed by atoms with Crippen molar-refractivity contribution in [2.45, 2.75) is 12.8 Å². The summed E-state index contributed by atoms with van der Waals surface area (Å²) in [7, 11) is 0. The maximum absolute atomic E-state index is 9.20. The van der Waals surface area contributed by atoms with Crippen LogP contribution in [0, 0.1) is 5.92 Å². The third-order valence-corrected chi connectivity index (χ3v) is 3.60. The lowest BCUT2D eigenvalue weighted by atomic mass is 9.98. The molecule has 16 heavy (non-hydrogen) atoms. The van der Waals surface area contributed by atoms with Crippen LogP contribution in [0.5, 0.6) is 0 Å². The maximum Gasteiger partial charge on any atom is 0.0600 e. The van der Waals surface area contributed by atoms with Gasteiger partial charge in [0.1, 0.15) is 0 Å². The summed E-state index contributed by atoms with van der Waals surface area (Å²) < 4.78 is 1.00. The van der Waals surface area contributed by atoms with Gasteiger partial charge in [-0.1, -0.05) is 15.9 Å². The molecular formula is C12H17BrN2O. The molecule has 4 heteroatoms. The zero-order valence-electron chi connectivity index (χ0n) is 9.19. The highest BCUT2D eigenvalue weighted by molar-refractivity contribution is 9.10. The van der Waals surface area contributed by atoms with Gasteiger partial charge in [-0.3, -0.25) is 0 Å². The van der Waals surface area contributed by atoms with E-state index in [-0.39, 0.29) is 6.61 Å². The Kier molecular flexibility index (Phi) is 3.71. The van der Waals surface area contributed by atoms with E-state index in [1.165, 1.54) is 0 Å². The van der Waals surface area contributed by atoms with Crippen LogP contribution in [0.3, 0.4) is 0 Å². The summed E-state index contributed by atoms with van der Waals surface area (Å²) in [4.78, 5) is 2.27. The molecule has 1 atom stereocenters. The molecule has 0 bridgehead atoms. The number of hydrogen-bond acceptors (Lipinski definition) is 3. The van der Waals surface area contributed by atoms with Gasteiger partial charge in [0.15, 0.2) is 0 Å². The van der Waals surface area contributed by atoms with Crippen molar-refractivity contribution in [3.05, 3.63) is 22.7 Å². The first-order valence-corrected chi connectivity index (χ1v) is 6.41. The standard InChI is InChI=1S/C12H17BrN2O/c13-10-3-4-12(11(14)6-10)15-5-1-2-9(7-15)8-16/h3-4,6,9,16H,1-2,5,7-8,14H2. The summed E-state index contributed by atoms with van der Waals surface area (Å²) in [5.41, 5.74) is 7.89. The Balaban J connectivity index is 2.16. The van der Waals surface area contributed by atoms with Crippen LogP contribution in [-0.2, 0) is 0 Å². The predicted octanol–water partition coefficient (Wildman–Crippen LogP) is 2.24. The predicted molar refractivity (Wildman–Crippen MR) is 70.6 cm³/mol. The van der Waals surface area contributed by atoms with Gasteiger partial charge in [-0.15, -0.1) is 0 Å². The summed E-state index contributed by atoms with van der Waals surface area (Å²) in [5.74, 6) is 0.386. The van der Waals surface area contributed by atoms with Crippen LogP contribution < -0.4 is 10.6 Å². The summed E-state index contributed by atoms with van der Waals surface area (Å²) >= 11 is 3.41. The Morgan fingerprint density at radius 2 is 2.31 bits per heavy atom. The third-order valence-electron chi connectivity index (χ3n) is 3.11. The molecular weight excluding hydrogens is 268 g/mol. The zero-order valence-corrected chi connectivity index (χ0v) is 10.8. The summed E-state index contributed by atoms with van der Waals surface area (Å²) in [6.07, 6.45) is 2.24. The Morgan fingerprint density at radius 1 is 1.50 bits per heavy atom. The number of anilines is 2. The first-order valence-electron chi connectivity index (χ1n) is 5.61. The highest BCUT2D eigenvalue weighted by Crippen LogP contribution is 2.30. The molecule has 3 N–H and O–H groups in total. The van der Waals surface area contributed by atoms with Crippen molar-refractivity contribution in [2.24, 2.45) is 5.92 Å². The molecule has 2 rings (SSSR count). The first-order chi connectivity index (χ1) is 7.70. The van der Waals surface area contributed by atoms with Gasteiger partial charge in [-0.05, 0) is 37.0 Å². The molecule has 1 aromatic carbocycles. The molecule has 1 saturated heterocycles. The number of nitrogen functional groups attached to an aromatic ring is 1. The molecule has 3 nitrogen and oxygen atoms in total. The molecule has 1 fully saturated rings. The molecule has 1 unspecified atom stereocenters. The fraction of sp³-hybridized carbons (Fsp3) is 0.500. The van der Waals surface area contributed by atoms with E-state index < -0.39 is 0 Å². The number of aliphatic hydroxyl groups excluding tert-OH is 1. The Hall–Kier alpha value is -0.740. The van der Waals surface area contributed by atoms with Crippen molar-refractivity contribution in [3.8, 4) is 0 Å². The van der Waals surface area contributed by atoms with Crippen molar-refractivity contribution in [2.75, 3.05) is 30.3 Å². The number of benzene rings is 1. The van der Waals surface area contributed by atoms with Gasteiger partial charge in [-0.25, -0.2) is 0 Å². The molecule has 88 valence electrons. The molecule has 0 aliphatic carbocycles. The highest BCUT2D eigenvalue weighted by atomic mass is 79.9. The molecule has 0 aromatic heterocycles. The Morgan fingerprint density at radius 3 is 3.00 bits per heavy atom. The summed E-state index contributed by atoms with van der Waals surface area (Å²) in [6.45, 7) is 2.21. The molecule has 1 aromatic rings. The zero-order chi connectivity index (χ0) is 11.5. The van der Waals surface area contributed by atoms with Crippen LogP contribution >= 0.6 is 15.9 Å². The number of halogens is 1. The van der Waals surface area contributed by atoms with Gasteiger partial charge in [0.25, 0.3) is 0 Å². The third kappa shape index (κ3) is 2.50. The van der Waals surface area contributed by atoms with Crippen molar-refractivity contribution >= 4 is 27.3 Å². The van der Waals surface area contributed by atoms with E-state index in [2.05, 4.69) is 20.8 Å². The normalized spacial score (nSPS) is 21.1. The molecule has 0 radical (unpaired) electrons. The largest absolute Gasteiger partial charge is 0.397 e. The second-order valence-corrected chi connectivity index (χ2v) is 5.26. The fourth-order valence-corrected chi connectivity index (χ4v) is 2.63. The Bertz CT molecular complexity index is 370. The minimum atomic E-state index is 0.271. The van der Waals surface area contributed by atoms with Crippen LogP contribution in [0.1, 0.15) is 12.8 Å². The molecule has 1 aliphatic rings. The second-order valence-electron chi connectivity index (χ2n) is 4.34. The molecule has 0 amide bonds. The minimum absolute atomic E-state index is 0.271. The van der Waals surface area contributed by atoms with Crippen molar-refractivity contribution < 1.29 is 5.11 Å². The summed E-state index contributed by atoms with van der Waals surface area (Å²) in [6, 6.07) is 5.98. The minimum Gasteiger partial charge on any atom is -0.397 e. The van der Waals surface area contributed by atoms with Gasteiger partial charge < -0.3 is 15.7 Å². The molecule has 1 heterocycles. The topological polar surface area (TPSA) is 49.5 Å². The van der Waals surface area contributed by atoms with Crippen LogP contribution in [0.15, 0.2) is 22.7 Å². The van der Waals surface area contributed by atoms with Crippen molar-refractivity contribution in [1.29, 1.82) is 0 Å². The number of piperidine rings is 1. The van der Waals surface area contributed by atoms with Gasteiger partial charge in [0.05, 0.1) is 11.4 Å². The van der Waals surface area contributed by atoms with E-state index in [4.69, 9.17) is 5.73 Å². The average molecular weight is 285 g/mol. The van der Waals surface area contributed by atoms with E-state index in [1.54, 1.807) is 0 Å². The lowest BCUT2D eigenvalue weighted by molar-refractivity contribution is 0.209. The second kappa shape index (κ2) is 5.06. The maximum atomic E-state index is 9.20.